The van der Waals surface area contributed by atoms with Crippen molar-refractivity contribution in [3.05, 3.63) is 0 Å². The molecule has 0 aromatic carbocycles. The molecule has 0 radical (unpaired) electrons. The fraction of sp³-hybridized carbons (Fsp3) is 1.00. The van der Waals surface area contributed by atoms with Gasteiger partial charge < -0.3 is 0 Å². The van der Waals surface area contributed by atoms with Gasteiger partial charge in [-0.2, -0.15) is 10.2 Å². The summed E-state index contributed by atoms with van der Waals surface area (Å²) in [4.78, 5) is 0. The Morgan fingerprint density at radius 3 is 1.71 bits per heavy atom. The number of hydrogen-bond donors (Lipinski definition) is 3. The third-order valence-electron chi connectivity index (χ3n) is 0.878. The zero-order valence-electron chi connectivity index (χ0n) is 3.96. The van der Waals surface area contributed by atoms with Crippen molar-refractivity contribution in [2.24, 2.45) is 11.7 Å². The number of nitrogens with two attached hydrogens (primary N) is 2. The zero-order chi connectivity index (χ0) is 5.28. The second-order valence-electron chi connectivity index (χ2n) is 1.45. The summed E-state index contributed by atoms with van der Waals surface area (Å²) in [7, 11) is 0. The summed E-state index contributed by atoms with van der Waals surface area (Å²) in [6.45, 7) is 1.27. The van der Waals surface area contributed by atoms with Crippen molar-refractivity contribution in [2.45, 2.75) is 0 Å². The first-order valence-corrected chi connectivity index (χ1v) is 2.06. The number of rotatable bonds is 0. The van der Waals surface area contributed by atoms with Crippen molar-refractivity contribution < 1.29 is 0 Å². The molecule has 7 heavy (non-hydrogen) atoms. The van der Waals surface area contributed by atoms with Crippen molar-refractivity contribution in [2.75, 3.05) is 13.3 Å². The monoisotopic (exact) mass is 103 g/mol. The first kappa shape index (κ1) is 4.95. The van der Waals surface area contributed by atoms with E-state index in [1.165, 1.54) is 10.2 Å². The molecule has 5 N–H and O–H groups in total. The third kappa shape index (κ3) is 0.872. The van der Waals surface area contributed by atoms with E-state index in [-0.39, 0.29) is 0 Å². The molecule has 0 aromatic heterocycles. The van der Waals surface area contributed by atoms with Gasteiger partial charge in [-0.15, -0.1) is 0 Å². The second-order valence-corrected chi connectivity index (χ2v) is 1.45. The Hall–Kier alpha value is -0.200. The van der Waals surface area contributed by atoms with E-state index in [4.69, 9.17) is 11.7 Å². The van der Waals surface area contributed by atoms with Gasteiger partial charge in [0.25, 0.3) is 0 Å². The van der Waals surface area contributed by atoms with Gasteiger partial charge in [0.05, 0.1) is 13.3 Å². The fourth-order valence-electron chi connectivity index (χ4n) is 0.461. The minimum absolute atomic E-state index is 0.635. The van der Waals surface area contributed by atoms with E-state index in [2.05, 4.69) is 5.32 Å². The van der Waals surface area contributed by atoms with E-state index in [1.54, 1.807) is 0 Å². The average Bonchev–Trinajstić information content (AvgIpc) is 1.91. The van der Waals surface area contributed by atoms with Gasteiger partial charge in [0.1, 0.15) is 0 Å². The Morgan fingerprint density at radius 1 is 1.14 bits per heavy atom. The van der Waals surface area contributed by atoms with Crippen LogP contribution in [0, 0.1) is 0 Å². The molecule has 0 saturated carbocycles. The van der Waals surface area contributed by atoms with Crippen molar-refractivity contribution in [1.82, 2.24) is 15.6 Å². The van der Waals surface area contributed by atoms with E-state index in [0.717, 1.165) is 0 Å². The predicted molar refractivity (Wildman–Crippen MR) is 24.9 cm³/mol. The number of nitrogens with zero attached hydrogens (tertiary/aromatic N) is 2. The molecule has 0 aliphatic carbocycles. The van der Waals surface area contributed by atoms with Gasteiger partial charge in [-0.25, -0.2) is 0 Å². The molecule has 0 atom stereocenters. The van der Waals surface area contributed by atoms with Crippen LogP contribution in [-0.4, -0.2) is 23.6 Å². The van der Waals surface area contributed by atoms with Gasteiger partial charge in [-0.05, 0) is 0 Å². The van der Waals surface area contributed by atoms with Crippen LogP contribution in [0.4, 0.5) is 0 Å². The standard InChI is InChI=1S/C2H9N5/c3-6-1-5-2-7(6)4/h5H,1-4H2. The predicted octanol–water partition coefficient (Wildman–Crippen LogP) is -2.23. The van der Waals surface area contributed by atoms with Crippen LogP contribution in [0.5, 0.6) is 0 Å². The highest BCUT2D eigenvalue weighted by Gasteiger charge is 2.11. The highest BCUT2D eigenvalue weighted by Crippen LogP contribution is 1.84. The van der Waals surface area contributed by atoms with Gasteiger partial charge >= 0.3 is 0 Å². The molecule has 1 aliphatic rings. The summed E-state index contributed by atoms with van der Waals surface area (Å²) in [5.74, 6) is 10.5. The first-order valence-electron chi connectivity index (χ1n) is 2.06. The molecule has 1 rings (SSSR count). The van der Waals surface area contributed by atoms with Gasteiger partial charge in [-0.1, -0.05) is 0 Å². The summed E-state index contributed by atoms with van der Waals surface area (Å²) in [6.07, 6.45) is 0. The van der Waals surface area contributed by atoms with Gasteiger partial charge in [0, 0.05) is 0 Å². The molecule has 1 heterocycles. The zero-order valence-corrected chi connectivity index (χ0v) is 3.96. The first-order chi connectivity index (χ1) is 3.30. The molecule has 0 amide bonds. The number of hydrazine groups is 3. The topological polar surface area (TPSA) is 70.5 Å². The van der Waals surface area contributed by atoms with E-state index in [1.807, 2.05) is 0 Å². The van der Waals surface area contributed by atoms with Crippen LogP contribution in [0.1, 0.15) is 0 Å². The Balaban J connectivity index is 2.33. The maximum Gasteiger partial charge on any atom is 0.0804 e. The summed E-state index contributed by atoms with van der Waals surface area (Å²) >= 11 is 0. The molecular weight excluding hydrogens is 94.1 g/mol. The molecular formula is C2H9N5. The van der Waals surface area contributed by atoms with Crippen molar-refractivity contribution in [3.8, 4) is 0 Å². The van der Waals surface area contributed by atoms with Crippen LogP contribution >= 0.6 is 0 Å². The summed E-state index contributed by atoms with van der Waals surface area (Å²) in [6, 6.07) is 0. The molecule has 1 aliphatic heterocycles. The summed E-state index contributed by atoms with van der Waals surface area (Å²) < 4.78 is 0. The minimum atomic E-state index is 0.635. The molecule has 0 bridgehead atoms. The van der Waals surface area contributed by atoms with Crippen LogP contribution in [-0.2, 0) is 0 Å². The lowest BCUT2D eigenvalue weighted by Crippen LogP contribution is -2.46. The van der Waals surface area contributed by atoms with E-state index in [0.29, 0.717) is 13.3 Å². The van der Waals surface area contributed by atoms with Crippen molar-refractivity contribution in [3.63, 3.8) is 0 Å². The van der Waals surface area contributed by atoms with Gasteiger partial charge in [0.15, 0.2) is 0 Å². The largest absolute Gasteiger partial charge is 0.287 e. The van der Waals surface area contributed by atoms with Crippen LogP contribution in [0.2, 0.25) is 0 Å². The average molecular weight is 103 g/mol. The highest BCUT2D eigenvalue weighted by atomic mass is 15.9. The van der Waals surface area contributed by atoms with Crippen molar-refractivity contribution >= 4 is 0 Å². The smallest absolute Gasteiger partial charge is 0.0804 e. The van der Waals surface area contributed by atoms with Gasteiger partial charge in [-0.3, -0.25) is 17.0 Å². The van der Waals surface area contributed by atoms with E-state index < -0.39 is 0 Å². The normalized spacial score (nSPS) is 26.6. The molecule has 0 unspecified atom stereocenters. The van der Waals surface area contributed by atoms with Crippen LogP contribution in [0.15, 0.2) is 0 Å². The molecule has 1 saturated heterocycles. The Labute approximate surface area is 41.8 Å². The van der Waals surface area contributed by atoms with Crippen LogP contribution in [0.25, 0.3) is 0 Å². The maximum atomic E-state index is 5.25. The molecule has 0 aromatic rings. The number of nitrogens with one attached hydrogen (secondary N) is 1. The second kappa shape index (κ2) is 1.73. The lowest BCUT2D eigenvalue weighted by molar-refractivity contribution is 0.0263. The Kier molecular flexibility index (Phi) is 1.22. The van der Waals surface area contributed by atoms with Crippen molar-refractivity contribution in [1.29, 1.82) is 0 Å². The quantitative estimate of drug-likeness (QED) is 0.303. The summed E-state index contributed by atoms with van der Waals surface area (Å²) in [5, 5.41) is 5.73. The Bertz CT molecular complexity index is 55.1. The van der Waals surface area contributed by atoms with Crippen LogP contribution in [0.3, 0.4) is 0 Å². The highest BCUT2D eigenvalue weighted by molar-refractivity contribution is 4.47. The summed E-state index contributed by atoms with van der Waals surface area (Å²) in [5.41, 5.74) is 0. The molecule has 5 heteroatoms. The number of hydrogen-bond acceptors (Lipinski definition) is 5. The van der Waals surface area contributed by atoms with E-state index >= 15 is 0 Å². The molecule has 5 nitrogen and oxygen atoms in total. The SMILES string of the molecule is NN1CNCN1N. The lowest BCUT2D eigenvalue weighted by atomic mass is 11.1. The molecule has 42 valence electrons. The van der Waals surface area contributed by atoms with Gasteiger partial charge in [0.2, 0.25) is 0 Å². The molecule has 0 spiro atoms. The van der Waals surface area contributed by atoms with E-state index in [9.17, 15) is 0 Å². The van der Waals surface area contributed by atoms with Crippen LogP contribution < -0.4 is 17.0 Å². The minimum Gasteiger partial charge on any atom is -0.287 e. The fourth-order valence-corrected chi connectivity index (χ4v) is 0.461. The maximum absolute atomic E-state index is 5.25. The Morgan fingerprint density at radius 2 is 1.57 bits per heavy atom. The third-order valence-corrected chi connectivity index (χ3v) is 0.878. The molecule has 1 fully saturated rings. The lowest BCUT2D eigenvalue weighted by Gasteiger charge is -2.13.